The van der Waals surface area contributed by atoms with Gasteiger partial charge in [0.25, 0.3) is 0 Å². The molecule has 0 radical (unpaired) electrons. The van der Waals surface area contributed by atoms with E-state index in [-0.39, 0.29) is 18.2 Å². The molecule has 1 aliphatic carbocycles. The molecular formula is C18H23ClN2O2. The van der Waals surface area contributed by atoms with E-state index in [1.807, 2.05) is 29.2 Å². The van der Waals surface area contributed by atoms with Gasteiger partial charge < -0.3 is 15.3 Å². The smallest absolute Gasteiger partial charge is 0.317 e. The van der Waals surface area contributed by atoms with Crippen LogP contribution in [0, 0.1) is 0 Å². The van der Waals surface area contributed by atoms with Crippen LogP contribution in [0.3, 0.4) is 0 Å². The minimum absolute atomic E-state index is 0.000786. The van der Waals surface area contributed by atoms with Crippen LogP contribution in [0.4, 0.5) is 4.79 Å². The third-order valence-corrected chi connectivity index (χ3v) is 5.07. The Hall–Kier alpha value is -1.52. The first-order chi connectivity index (χ1) is 11.1. The second-order valence-corrected chi connectivity index (χ2v) is 6.77. The van der Waals surface area contributed by atoms with Gasteiger partial charge in [-0.1, -0.05) is 35.9 Å². The lowest BCUT2D eigenvalue weighted by Gasteiger charge is -2.31. The van der Waals surface area contributed by atoms with Gasteiger partial charge in [-0.25, -0.2) is 4.79 Å². The number of halogens is 1. The van der Waals surface area contributed by atoms with Gasteiger partial charge in [-0.2, -0.15) is 0 Å². The van der Waals surface area contributed by atoms with Crippen molar-refractivity contribution in [2.75, 3.05) is 13.1 Å². The summed E-state index contributed by atoms with van der Waals surface area (Å²) in [6.07, 6.45) is 6.00. The maximum absolute atomic E-state index is 12.4. The molecule has 2 amide bonds. The molecule has 0 bridgehead atoms. The van der Waals surface area contributed by atoms with Crippen LogP contribution in [-0.4, -0.2) is 41.3 Å². The molecule has 0 saturated heterocycles. The molecule has 1 aromatic rings. The molecule has 23 heavy (non-hydrogen) atoms. The molecule has 5 heteroatoms. The lowest BCUT2D eigenvalue weighted by molar-refractivity contribution is 0.115. The van der Waals surface area contributed by atoms with Gasteiger partial charge in [0.05, 0.1) is 6.10 Å². The van der Waals surface area contributed by atoms with Gasteiger partial charge in [0.1, 0.15) is 0 Å². The number of hydrogen-bond donors (Lipinski definition) is 2. The Morgan fingerprint density at radius 3 is 2.61 bits per heavy atom. The predicted molar refractivity (Wildman–Crippen MR) is 92.4 cm³/mol. The van der Waals surface area contributed by atoms with E-state index in [9.17, 15) is 9.90 Å². The van der Waals surface area contributed by atoms with Crippen molar-refractivity contribution in [3.63, 3.8) is 0 Å². The van der Waals surface area contributed by atoms with Crippen LogP contribution >= 0.6 is 11.6 Å². The Morgan fingerprint density at radius 1 is 1.22 bits per heavy atom. The molecule has 0 atom stereocenters. The number of amides is 2. The highest BCUT2D eigenvalue weighted by atomic mass is 35.5. The van der Waals surface area contributed by atoms with E-state index in [1.165, 1.54) is 5.57 Å². The van der Waals surface area contributed by atoms with E-state index in [0.29, 0.717) is 13.1 Å². The van der Waals surface area contributed by atoms with Crippen LogP contribution in [0.1, 0.15) is 37.7 Å². The zero-order chi connectivity index (χ0) is 16.2. The third kappa shape index (κ3) is 4.06. The van der Waals surface area contributed by atoms with Crippen molar-refractivity contribution in [2.45, 2.75) is 44.2 Å². The van der Waals surface area contributed by atoms with Crippen LogP contribution in [0.2, 0.25) is 5.02 Å². The summed E-state index contributed by atoms with van der Waals surface area (Å²) in [5, 5.41) is 13.4. The van der Waals surface area contributed by atoms with Crippen LogP contribution in [0.15, 0.2) is 30.3 Å². The fraction of sp³-hybridized carbons (Fsp3) is 0.500. The normalized spacial score (nSPS) is 25.0. The standard InChI is InChI=1S/C18H23ClN2O2/c19-17-4-2-1-3-16(17)13-9-11-21(12-10-13)18(23)20-14-5-7-15(22)8-6-14/h1-4,9,14-15,22H,5-8,10-12H2,(H,20,23). The van der Waals surface area contributed by atoms with Gasteiger partial charge in [0.15, 0.2) is 0 Å². The van der Waals surface area contributed by atoms with Crippen molar-refractivity contribution in [1.82, 2.24) is 10.2 Å². The monoisotopic (exact) mass is 334 g/mol. The zero-order valence-electron chi connectivity index (χ0n) is 13.2. The average Bonchev–Trinajstić information content (AvgIpc) is 2.57. The Balaban J connectivity index is 1.56. The Labute approximate surface area is 142 Å². The molecule has 1 heterocycles. The SMILES string of the molecule is O=C(NC1CCC(O)CC1)N1CC=C(c2ccccc2Cl)CC1. The fourth-order valence-electron chi connectivity index (χ4n) is 3.31. The Bertz CT molecular complexity index is 594. The fourth-order valence-corrected chi connectivity index (χ4v) is 3.56. The van der Waals surface area contributed by atoms with Crippen LogP contribution in [0.5, 0.6) is 0 Å². The van der Waals surface area contributed by atoms with Gasteiger partial charge >= 0.3 is 6.03 Å². The lowest BCUT2D eigenvalue weighted by atomic mass is 9.93. The number of benzene rings is 1. The summed E-state index contributed by atoms with van der Waals surface area (Å²) < 4.78 is 0. The highest BCUT2D eigenvalue weighted by molar-refractivity contribution is 6.32. The Morgan fingerprint density at radius 2 is 1.96 bits per heavy atom. The number of carbonyl (C=O) groups is 1. The third-order valence-electron chi connectivity index (χ3n) is 4.74. The molecule has 0 unspecified atom stereocenters. The van der Waals surface area contributed by atoms with Gasteiger partial charge in [0.2, 0.25) is 0 Å². The summed E-state index contributed by atoms with van der Waals surface area (Å²) in [5.74, 6) is 0. The van der Waals surface area contributed by atoms with Crippen molar-refractivity contribution in [2.24, 2.45) is 0 Å². The first-order valence-corrected chi connectivity index (χ1v) is 8.68. The maximum Gasteiger partial charge on any atom is 0.317 e. The van der Waals surface area contributed by atoms with Crippen LogP contribution in [0.25, 0.3) is 5.57 Å². The molecule has 2 aliphatic rings. The second kappa shape index (κ2) is 7.37. The van der Waals surface area contributed by atoms with Crippen molar-refractivity contribution in [1.29, 1.82) is 0 Å². The number of aliphatic hydroxyl groups excluding tert-OH is 1. The molecule has 1 saturated carbocycles. The van der Waals surface area contributed by atoms with E-state index in [2.05, 4.69) is 11.4 Å². The van der Waals surface area contributed by atoms with E-state index in [0.717, 1.165) is 42.7 Å². The summed E-state index contributed by atoms with van der Waals surface area (Å²) >= 11 is 6.24. The van der Waals surface area contributed by atoms with E-state index in [1.54, 1.807) is 0 Å². The predicted octanol–water partition coefficient (Wildman–Crippen LogP) is 3.44. The maximum atomic E-state index is 12.4. The van der Waals surface area contributed by atoms with Crippen LogP contribution in [-0.2, 0) is 0 Å². The molecule has 0 spiro atoms. The molecule has 1 aliphatic heterocycles. The van der Waals surface area contributed by atoms with Crippen molar-refractivity contribution in [3.05, 3.63) is 40.9 Å². The number of nitrogens with one attached hydrogen (secondary N) is 1. The minimum Gasteiger partial charge on any atom is -0.393 e. The quantitative estimate of drug-likeness (QED) is 0.870. The molecule has 4 nitrogen and oxygen atoms in total. The largest absolute Gasteiger partial charge is 0.393 e. The molecule has 124 valence electrons. The summed E-state index contributed by atoms with van der Waals surface area (Å²) in [4.78, 5) is 14.2. The van der Waals surface area contributed by atoms with Gasteiger partial charge in [-0.15, -0.1) is 0 Å². The van der Waals surface area contributed by atoms with Crippen LogP contribution < -0.4 is 5.32 Å². The summed E-state index contributed by atoms with van der Waals surface area (Å²) in [7, 11) is 0. The Kier molecular flexibility index (Phi) is 5.23. The van der Waals surface area contributed by atoms with Gasteiger partial charge in [-0.3, -0.25) is 0 Å². The van der Waals surface area contributed by atoms with Gasteiger partial charge in [-0.05, 0) is 49.3 Å². The lowest BCUT2D eigenvalue weighted by Crippen LogP contribution is -2.47. The molecule has 1 fully saturated rings. The number of carbonyl (C=O) groups excluding carboxylic acids is 1. The van der Waals surface area contributed by atoms with E-state index >= 15 is 0 Å². The zero-order valence-corrected chi connectivity index (χ0v) is 13.9. The van der Waals surface area contributed by atoms with E-state index < -0.39 is 0 Å². The topological polar surface area (TPSA) is 52.6 Å². The highest BCUT2D eigenvalue weighted by Gasteiger charge is 2.24. The second-order valence-electron chi connectivity index (χ2n) is 6.36. The van der Waals surface area contributed by atoms with Gasteiger partial charge in [0, 0.05) is 24.2 Å². The summed E-state index contributed by atoms with van der Waals surface area (Å²) in [6.45, 7) is 1.32. The van der Waals surface area contributed by atoms with Crippen molar-refractivity contribution in [3.8, 4) is 0 Å². The van der Waals surface area contributed by atoms with Crippen molar-refractivity contribution >= 4 is 23.2 Å². The first kappa shape index (κ1) is 16.3. The van der Waals surface area contributed by atoms with Crippen molar-refractivity contribution < 1.29 is 9.90 Å². The number of rotatable bonds is 2. The number of urea groups is 1. The molecular weight excluding hydrogens is 312 g/mol. The summed E-state index contributed by atoms with van der Waals surface area (Å²) in [5.41, 5.74) is 2.27. The number of nitrogens with zero attached hydrogens (tertiary/aromatic N) is 1. The highest BCUT2D eigenvalue weighted by Crippen LogP contribution is 2.28. The number of hydrogen-bond acceptors (Lipinski definition) is 2. The minimum atomic E-state index is -0.195. The average molecular weight is 335 g/mol. The number of aliphatic hydroxyl groups is 1. The molecule has 3 rings (SSSR count). The summed E-state index contributed by atoms with van der Waals surface area (Å²) in [6, 6.07) is 8.03. The molecule has 0 aromatic heterocycles. The van der Waals surface area contributed by atoms with E-state index in [4.69, 9.17) is 11.6 Å². The molecule has 1 aromatic carbocycles. The molecule has 2 N–H and O–H groups in total. The first-order valence-electron chi connectivity index (χ1n) is 8.31.